The molecule has 1 aromatic carbocycles. The van der Waals surface area contributed by atoms with Crippen LogP contribution >= 0.6 is 0 Å². The van der Waals surface area contributed by atoms with E-state index in [2.05, 4.69) is 34.7 Å². The Labute approximate surface area is 121 Å². The van der Waals surface area contributed by atoms with Gasteiger partial charge in [-0.3, -0.25) is 0 Å². The van der Waals surface area contributed by atoms with E-state index in [9.17, 15) is 0 Å². The summed E-state index contributed by atoms with van der Waals surface area (Å²) >= 11 is 0. The summed E-state index contributed by atoms with van der Waals surface area (Å²) in [5, 5.41) is 0. The van der Waals surface area contributed by atoms with E-state index in [4.69, 9.17) is 4.74 Å². The van der Waals surface area contributed by atoms with Crippen LogP contribution in [0.4, 0.5) is 0 Å². The third-order valence-corrected chi connectivity index (χ3v) is 3.24. The molecule has 19 heavy (non-hydrogen) atoms. The number of aromatic nitrogens is 2. The molecule has 0 aliphatic rings. The smallest absolute Gasteiger partial charge is 0.135 e. The number of aryl methyl sites for hydroxylation is 1. The van der Waals surface area contributed by atoms with Crippen molar-refractivity contribution in [3.8, 4) is 0 Å². The van der Waals surface area contributed by atoms with E-state index in [-0.39, 0.29) is 12.4 Å². The summed E-state index contributed by atoms with van der Waals surface area (Å²) in [7, 11) is 1.72. The van der Waals surface area contributed by atoms with Crippen LogP contribution in [0.25, 0.3) is 11.0 Å². The molecular weight excluding hydrogens is 260 g/mol. The number of benzene rings is 1. The third kappa shape index (κ3) is 3.95. The summed E-state index contributed by atoms with van der Waals surface area (Å²) in [6, 6.07) is 8.31. The molecule has 0 amide bonds. The van der Waals surface area contributed by atoms with Gasteiger partial charge in [-0.15, -0.1) is 0 Å². The van der Waals surface area contributed by atoms with Crippen LogP contribution in [0.3, 0.4) is 0 Å². The first-order valence-corrected chi connectivity index (χ1v) is 6.80. The van der Waals surface area contributed by atoms with Gasteiger partial charge in [-0.05, 0) is 18.6 Å². The lowest BCUT2D eigenvalue weighted by molar-refractivity contribution is -0.00000413. The van der Waals surface area contributed by atoms with Gasteiger partial charge in [0.25, 0.3) is 0 Å². The van der Waals surface area contributed by atoms with Crippen LogP contribution in [-0.2, 0) is 17.9 Å². The molecule has 1 aromatic heterocycles. The highest BCUT2D eigenvalue weighted by Crippen LogP contribution is 2.17. The van der Waals surface area contributed by atoms with E-state index in [1.165, 1.54) is 31.2 Å². The first-order valence-electron chi connectivity index (χ1n) is 6.80. The average molecular weight is 282 g/mol. The molecule has 0 radical (unpaired) electrons. The van der Waals surface area contributed by atoms with Gasteiger partial charge >= 0.3 is 0 Å². The van der Waals surface area contributed by atoms with Crippen molar-refractivity contribution < 1.29 is 17.1 Å². The highest BCUT2D eigenvalue weighted by Gasteiger charge is 2.09. The molecule has 1 heterocycles. The van der Waals surface area contributed by atoms with Gasteiger partial charge < -0.3 is 21.7 Å². The van der Waals surface area contributed by atoms with Gasteiger partial charge in [0.05, 0.1) is 11.0 Å². The van der Waals surface area contributed by atoms with E-state index in [1.807, 2.05) is 6.07 Å². The van der Waals surface area contributed by atoms with Crippen LogP contribution in [0.5, 0.6) is 0 Å². The molecule has 0 saturated heterocycles. The summed E-state index contributed by atoms with van der Waals surface area (Å²) in [5.74, 6) is 1.04. The zero-order valence-corrected chi connectivity index (χ0v) is 12.5. The lowest BCUT2D eigenvalue weighted by Gasteiger charge is -2.08. The molecular formula is C15H22ClN2O-. The van der Waals surface area contributed by atoms with Gasteiger partial charge in [-0.1, -0.05) is 38.3 Å². The lowest BCUT2D eigenvalue weighted by Crippen LogP contribution is -3.00. The lowest BCUT2D eigenvalue weighted by atomic mass is 10.2. The maximum absolute atomic E-state index is 5.24. The van der Waals surface area contributed by atoms with Crippen molar-refractivity contribution in [1.29, 1.82) is 0 Å². The molecule has 3 nitrogen and oxygen atoms in total. The van der Waals surface area contributed by atoms with E-state index in [1.54, 1.807) is 7.11 Å². The SMILES string of the molecule is CCCCCCn1c(COC)nc2ccccc21.[Cl-]. The zero-order valence-electron chi connectivity index (χ0n) is 11.7. The summed E-state index contributed by atoms with van der Waals surface area (Å²) in [6.07, 6.45) is 5.09. The number of ether oxygens (including phenoxy) is 1. The largest absolute Gasteiger partial charge is 1.00 e. The van der Waals surface area contributed by atoms with E-state index in [0.717, 1.165) is 17.9 Å². The fourth-order valence-electron chi connectivity index (χ4n) is 2.31. The predicted octanol–water partition coefficient (Wildman–Crippen LogP) is 0.767. The molecule has 0 fully saturated rings. The monoisotopic (exact) mass is 281 g/mol. The highest BCUT2D eigenvalue weighted by atomic mass is 35.5. The normalized spacial score (nSPS) is 10.6. The molecule has 106 valence electrons. The van der Waals surface area contributed by atoms with E-state index < -0.39 is 0 Å². The first-order chi connectivity index (χ1) is 8.86. The average Bonchev–Trinajstić information content (AvgIpc) is 2.73. The second-order valence-corrected chi connectivity index (χ2v) is 4.66. The van der Waals surface area contributed by atoms with Crippen LogP contribution in [0.1, 0.15) is 38.4 Å². The molecule has 2 rings (SSSR count). The van der Waals surface area contributed by atoms with Gasteiger partial charge in [-0.25, -0.2) is 4.98 Å². The molecule has 0 spiro atoms. The summed E-state index contributed by atoms with van der Waals surface area (Å²) in [5.41, 5.74) is 2.29. The van der Waals surface area contributed by atoms with Gasteiger partial charge in [0, 0.05) is 13.7 Å². The fraction of sp³-hybridized carbons (Fsp3) is 0.533. The second kappa shape index (κ2) is 8.18. The van der Waals surface area contributed by atoms with Crippen molar-refractivity contribution in [3.05, 3.63) is 30.1 Å². The molecule has 2 aromatic rings. The van der Waals surface area contributed by atoms with Gasteiger partial charge in [0.1, 0.15) is 12.4 Å². The number of rotatable bonds is 7. The second-order valence-electron chi connectivity index (χ2n) is 4.66. The fourth-order valence-corrected chi connectivity index (χ4v) is 2.31. The molecule has 0 saturated carbocycles. The predicted molar refractivity (Wildman–Crippen MR) is 74.6 cm³/mol. The van der Waals surface area contributed by atoms with Crippen molar-refractivity contribution in [1.82, 2.24) is 9.55 Å². The summed E-state index contributed by atoms with van der Waals surface area (Å²) in [4.78, 5) is 4.64. The quantitative estimate of drug-likeness (QED) is 0.701. The molecule has 0 unspecified atom stereocenters. The number of unbranched alkanes of at least 4 members (excludes halogenated alkanes) is 3. The number of nitrogens with zero attached hydrogens (tertiary/aromatic N) is 2. The number of halogens is 1. The maximum atomic E-state index is 5.24. The summed E-state index contributed by atoms with van der Waals surface area (Å²) < 4.78 is 7.54. The molecule has 0 aliphatic carbocycles. The molecule has 0 aliphatic heterocycles. The van der Waals surface area contributed by atoms with Crippen LogP contribution < -0.4 is 12.4 Å². The van der Waals surface area contributed by atoms with Crippen molar-refractivity contribution in [2.24, 2.45) is 0 Å². The minimum atomic E-state index is 0. The van der Waals surface area contributed by atoms with E-state index in [0.29, 0.717) is 6.61 Å². The Hall–Kier alpha value is -1.06. The molecule has 0 N–H and O–H groups in total. The number of methoxy groups -OCH3 is 1. The van der Waals surface area contributed by atoms with Gasteiger partial charge in [-0.2, -0.15) is 0 Å². The van der Waals surface area contributed by atoms with E-state index >= 15 is 0 Å². The Kier molecular flexibility index (Phi) is 6.89. The first kappa shape index (κ1) is 16.0. The van der Waals surface area contributed by atoms with Crippen molar-refractivity contribution >= 4 is 11.0 Å². The molecule has 4 heteroatoms. The zero-order chi connectivity index (χ0) is 12.8. The number of hydrogen-bond donors (Lipinski definition) is 0. The maximum Gasteiger partial charge on any atom is 0.135 e. The third-order valence-electron chi connectivity index (χ3n) is 3.24. The van der Waals surface area contributed by atoms with Crippen LogP contribution in [0.2, 0.25) is 0 Å². The van der Waals surface area contributed by atoms with Crippen molar-refractivity contribution in [2.45, 2.75) is 45.8 Å². The van der Waals surface area contributed by atoms with Crippen molar-refractivity contribution in [3.63, 3.8) is 0 Å². The van der Waals surface area contributed by atoms with Crippen LogP contribution in [0.15, 0.2) is 24.3 Å². The standard InChI is InChI=1S/C15H22N2O.ClH/c1-3-4-5-8-11-17-14-10-7-6-9-13(14)16-15(17)12-18-2;/h6-7,9-10H,3-5,8,11-12H2,1-2H3;1H/p-1. The van der Waals surface area contributed by atoms with Crippen LogP contribution in [-0.4, -0.2) is 16.7 Å². The Morgan fingerprint density at radius 2 is 1.95 bits per heavy atom. The topological polar surface area (TPSA) is 27.1 Å². The Morgan fingerprint density at radius 1 is 1.16 bits per heavy atom. The number of para-hydroxylation sites is 2. The Morgan fingerprint density at radius 3 is 2.68 bits per heavy atom. The minimum absolute atomic E-state index is 0. The highest BCUT2D eigenvalue weighted by molar-refractivity contribution is 5.75. The Bertz CT molecular complexity index is 496. The number of imidazole rings is 1. The van der Waals surface area contributed by atoms with Gasteiger partial charge in [0.15, 0.2) is 0 Å². The molecule has 0 bridgehead atoms. The summed E-state index contributed by atoms with van der Waals surface area (Å²) in [6.45, 7) is 3.87. The van der Waals surface area contributed by atoms with Crippen molar-refractivity contribution in [2.75, 3.05) is 7.11 Å². The number of hydrogen-bond acceptors (Lipinski definition) is 2. The number of fused-ring (bicyclic) bond motifs is 1. The van der Waals surface area contributed by atoms with Crippen LogP contribution in [0, 0.1) is 0 Å². The molecule has 0 atom stereocenters. The van der Waals surface area contributed by atoms with Gasteiger partial charge in [0.2, 0.25) is 0 Å². The Balaban J connectivity index is 0.00000180. The minimum Gasteiger partial charge on any atom is -1.00 e.